The molecule has 0 aliphatic carbocycles. The summed E-state index contributed by atoms with van der Waals surface area (Å²) in [6.07, 6.45) is 32.1. The fourth-order valence-corrected chi connectivity index (χ4v) is 8.43. The van der Waals surface area contributed by atoms with E-state index in [0.717, 1.165) is 390 Å². The van der Waals surface area contributed by atoms with Crippen molar-refractivity contribution in [2.45, 2.75) is 219 Å². The summed E-state index contributed by atoms with van der Waals surface area (Å²) in [6, 6.07) is 0. The van der Waals surface area contributed by atoms with Gasteiger partial charge in [0.1, 0.15) is 0 Å². The fourth-order valence-electron chi connectivity index (χ4n) is 8.43. The van der Waals surface area contributed by atoms with Gasteiger partial charge in [0, 0.05) is 209 Å². The lowest BCUT2D eigenvalue weighted by Gasteiger charge is -2.08. The first-order valence-corrected chi connectivity index (χ1v) is 36.3. The Hall–Kier alpha value is -2.18. The number of rotatable bonds is 82. The van der Waals surface area contributed by atoms with E-state index in [1.807, 2.05) is 0 Å². The summed E-state index contributed by atoms with van der Waals surface area (Å²) in [5.74, 6) is -0.649. The highest BCUT2D eigenvalue weighted by atomic mass is 16.5. The maximum Gasteiger partial charge on any atom is 0.333 e. The lowest BCUT2D eigenvalue weighted by Crippen LogP contribution is -2.07. The summed E-state index contributed by atoms with van der Waals surface area (Å²) in [5.41, 5.74) is 0.868. The predicted octanol–water partition coefficient (Wildman–Crippen LogP) is 14.0. The van der Waals surface area contributed by atoms with E-state index in [2.05, 4.69) is 13.2 Å². The van der Waals surface area contributed by atoms with Crippen LogP contribution in [-0.2, 0) is 90.1 Å². The number of hydrogen-bond donors (Lipinski definition) is 0. The number of carbonyl (C=O) groups excluding carboxylic acids is 2. The van der Waals surface area contributed by atoms with Crippen molar-refractivity contribution in [1.29, 1.82) is 0 Å². The third-order valence-corrected chi connectivity index (χ3v) is 14.1. The first-order valence-electron chi connectivity index (χ1n) is 36.3. The zero-order valence-electron chi connectivity index (χ0n) is 58.4. The number of ether oxygens (including phenoxy) is 17. The van der Waals surface area contributed by atoms with Crippen molar-refractivity contribution in [2.24, 2.45) is 0 Å². The molecule has 0 heterocycles. The number of unbranched alkanes of at least 4 members (excludes halogenated alkanes) is 16. The van der Waals surface area contributed by atoms with Crippen LogP contribution < -0.4 is 0 Å². The second-order valence-corrected chi connectivity index (χ2v) is 23.3. The first-order chi connectivity index (χ1) is 44.9. The Balaban J connectivity index is 3.10. The summed E-state index contributed by atoms with van der Waals surface area (Å²) in [6.45, 7) is 34.7. The third-order valence-electron chi connectivity index (χ3n) is 14.1. The van der Waals surface area contributed by atoms with Crippen LogP contribution in [0.3, 0.4) is 0 Å². The molecule has 0 N–H and O–H groups in total. The van der Waals surface area contributed by atoms with E-state index in [0.29, 0.717) is 37.6 Å². The zero-order valence-corrected chi connectivity index (χ0v) is 58.4. The molecule has 0 aromatic rings. The van der Waals surface area contributed by atoms with Gasteiger partial charge in [-0.15, -0.1) is 0 Å². The van der Waals surface area contributed by atoms with Gasteiger partial charge in [0.25, 0.3) is 0 Å². The molecule has 0 fully saturated rings. The highest BCUT2D eigenvalue weighted by Crippen LogP contribution is 2.06. The molecule has 0 atom stereocenters. The second-order valence-electron chi connectivity index (χ2n) is 23.3. The van der Waals surface area contributed by atoms with Crippen LogP contribution in [0, 0.1) is 0 Å². The SMILES string of the molecule is C=C(C)C(=O)OCCCCOCCCCOCCCCOCCCCOCCCCOCCCCOCCCCOCCCCOCCCCOCCCCOCCCCOCCCCOCCCCOCCCCOCCCCOCCCCOC(=O)C(=C)C. The molecule has 0 rings (SSSR count). The van der Waals surface area contributed by atoms with Crippen molar-refractivity contribution < 1.29 is 90.1 Å². The van der Waals surface area contributed by atoms with Crippen LogP contribution in [-0.4, -0.2) is 223 Å². The van der Waals surface area contributed by atoms with Crippen LogP contribution in [0.15, 0.2) is 24.3 Å². The molecule has 0 bridgehead atoms. The zero-order chi connectivity index (χ0) is 65.6. The third kappa shape index (κ3) is 80.2. The molecule has 540 valence electrons. The van der Waals surface area contributed by atoms with Gasteiger partial charge in [0.15, 0.2) is 0 Å². The van der Waals surface area contributed by atoms with Gasteiger partial charge in [-0.05, 0) is 219 Å². The molecule has 0 aromatic heterocycles. The van der Waals surface area contributed by atoms with Gasteiger partial charge in [0.2, 0.25) is 0 Å². The van der Waals surface area contributed by atoms with Crippen LogP contribution >= 0.6 is 0 Å². The maximum absolute atomic E-state index is 11.3. The molecular weight excluding hydrogens is 1170 g/mol. The van der Waals surface area contributed by atoms with Crippen LogP contribution in [0.4, 0.5) is 0 Å². The lowest BCUT2D eigenvalue weighted by molar-refractivity contribution is -0.140. The second kappa shape index (κ2) is 80.3. The molecule has 0 unspecified atom stereocenters. The minimum Gasteiger partial charge on any atom is -0.462 e. The molecule has 0 aliphatic rings. The van der Waals surface area contributed by atoms with Crippen LogP contribution in [0.1, 0.15) is 219 Å². The molecule has 0 saturated carbocycles. The van der Waals surface area contributed by atoms with Gasteiger partial charge in [-0.25, -0.2) is 9.59 Å². The lowest BCUT2D eigenvalue weighted by atomic mass is 10.3. The molecule has 91 heavy (non-hydrogen) atoms. The smallest absolute Gasteiger partial charge is 0.333 e. The Labute approximate surface area is 555 Å². The van der Waals surface area contributed by atoms with E-state index < -0.39 is 0 Å². The maximum atomic E-state index is 11.3. The van der Waals surface area contributed by atoms with Gasteiger partial charge in [-0.3, -0.25) is 0 Å². The molecule has 0 saturated heterocycles. The van der Waals surface area contributed by atoms with E-state index >= 15 is 0 Å². The van der Waals surface area contributed by atoms with E-state index in [1.165, 1.54) is 0 Å². The van der Waals surface area contributed by atoms with Crippen molar-refractivity contribution in [3.05, 3.63) is 24.3 Å². The van der Waals surface area contributed by atoms with Crippen molar-refractivity contribution in [1.82, 2.24) is 0 Å². The Kier molecular flexibility index (Phi) is 78.3. The van der Waals surface area contributed by atoms with Gasteiger partial charge < -0.3 is 80.5 Å². The summed E-state index contributed by atoms with van der Waals surface area (Å²) in [4.78, 5) is 22.6. The highest BCUT2D eigenvalue weighted by molar-refractivity contribution is 5.87. The van der Waals surface area contributed by atoms with E-state index in [9.17, 15) is 9.59 Å². The molecular formula is C72H138O19. The number of carbonyl (C=O) groups is 2. The molecule has 0 amide bonds. The Morgan fingerprint density at radius 3 is 0.319 bits per heavy atom. The van der Waals surface area contributed by atoms with Gasteiger partial charge in [-0.2, -0.15) is 0 Å². The summed E-state index contributed by atoms with van der Waals surface area (Å²) >= 11 is 0. The van der Waals surface area contributed by atoms with Gasteiger partial charge in [0.05, 0.1) is 13.2 Å². The van der Waals surface area contributed by atoms with E-state index in [-0.39, 0.29) is 11.9 Å². The Morgan fingerprint density at radius 1 is 0.165 bits per heavy atom. The minimum absolute atomic E-state index is 0.325. The van der Waals surface area contributed by atoms with Crippen LogP contribution in [0.5, 0.6) is 0 Å². The standard InChI is InChI=1S/C72H138O19/c1-69(2)71(73)90-67-35-33-65-88-63-31-29-61-86-59-27-25-57-84-55-23-21-53-82-51-19-17-49-80-47-15-13-45-78-43-11-9-41-76-39-7-5-37-75-38-6-8-40-77-42-10-12-44-79-46-14-16-48-81-50-18-20-52-83-54-22-24-56-85-58-26-28-60-87-62-30-32-64-89-66-34-36-68-91-72(74)70(3)4/h1,3,5-68H2,2,4H3. The van der Waals surface area contributed by atoms with E-state index in [1.54, 1.807) is 13.8 Å². The summed E-state index contributed by atoms with van der Waals surface area (Å²) in [7, 11) is 0. The van der Waals surface area contributed by atoms with Crippen LogP contribution in [0.25, 0.3) is 0 Å². The largest absolute Gasteiger partial charge is 0.462 e. The monoisotopic (exact) mass is 1310 g/mol. The molecule has 19 nitrogen and oxygen atoms in total. The van der Waals surface area contributed by atoms with Crippen LogP contribution in [0.2, 0.25) is 0 Å². The van der Waals surface area contributed by atoms with Gasteiger partial charge >= 0.3 is 11.9 Å². The van der Waals surface area contributed by atoms with E-state index in [4.69, 9.17) is 80.5 Å². The molecule has 0 aromatic carbocycles. The van der Waals surface area contributed by atoms with Crippen molar-refractivity contribution in [3.63, 3.8) is 0 Å². The topological polar surface area (TPSA) is 191 Å². The first kappa shape index (κ1) is 88.8. The molecule has 0 spiro atoms. The normalized spacial score (nSPS) is 11.5. The minimum atomic E-state index is -0.325. The van der Waals surface area contributed by atoms with Gasteiger partial charge in [-0.1, -0.05) is 13.2 Å². The van der Waals surface area contributed by atoms with Crippen molar-refractivity contribution >= 4 is 11.9 Å². The Morgan fingerprint density at radius 2 is 0.242 bits per heavy atom. The summed E-state index contributed by atoms with van der Waals surface area (Å²) < 4.78 is 96.5. The van der Waals surface area contributed by atoms with Crippen molar-refractivity contribution in [2.75, 3.05) is 211 Å². The molecule has 0 aliphatic heterocycles. The van der Waals surface area contributed by atoms with Crippen molar-refractivity contribution in [3.8, 4) is 0 Å². The highest BCUT2D eigenvalue weighted by Gasteiger charge is 2.05. The Bertz CT molecular complexity index is 1360. The fraction of sp³-hybridized carbons (Fsp3) is 0.917. The predicted molar refractivity (Wildman–Crippen MR) is 362 cm³/mol. The quantitative estimate of drug-likeness (QED) is 0.0317. The summed E-state index contributed by atoms with van der Waals surface area (Å²) in [5, 5.41) is 0. The molecule has 19 heteroatoms. The molecule has 0 radical (unpaired) electrons. The number of hydrogen-bond acceptors (Lipinski definition) is 19. The number of esters is 2. The average Bonchev–Trinajstić information content (AvgIpc) is 3.56. The average molecular weight is 1310 g/mol.